The van der Waals surface area contributed by atoms with Gasteiger partial charge < -0.3 is 11.1 Å². The standard InChI is InChI=1S/C10H15ClN2OS.ClH/c1-7(8-3-4-9(11)15-8)10(14)13-6-2-5-12;/h3-4,7H,2,5-6,12H2,1H3,(H,13,14);1H. The van der Waals surface area contributed by atoms with Crippen molar-refractivity contribution in [3.8, 4) is 0 Å². The van der Waals surface area contributed by atoms with Crippen molar-refractivity contribution in [2.45, 2.75) is 19.3 Å². The molecule has 1 atom stereocenters. The van der Waals surface area contributed by atoms with Gasteiger partial charge in [0.15, 0.2) is 0 Å². The highest BCUT2D eigenvalue weighted by Gasteiger charge is 2.16. The van der Waals surface area contributed by atoms with Gasteiger partial charge in [-0.2, -0.15) is 0 Å². The minimum Gasteiger partial charge on any atom is -0.356 e. The highest BCUT2D eigenvalue weighted by Crippen LogP contribution is 2.27. The van der Waals surface area contributed by atoms with Gasteiger partial charge in [-0.1, -0.05) is 11.6 Å². The van der Waals surface area contributed by atoms with E-state index in [0.717, 1.165) is 11.3 Å². The van der Waals surface area contributed by atoms with Crippen LogP contribution in [0.5, 0.6) is 0 Å². The first-order chi connectivity index (χ1) is 7.15. The quantitative estimate of drug-likeness (QED) is 0.815. The van der Waals surface area contributed by atoms with Gasteiger partial charge in [0.25, 0.3) is 0 Å². The molecule has 1 heterocycles. The Bertz CT molecular complexity index is 330. The number of hydrogen-bond acceptors (Lipinski definition) is 3. The average molecular weight is 283 g/mol. The van der Waals surface area contributed by atoms with E-state index in [-0.39, 0.29) is 24.2 Å². The summed E-state index contributed by atoms with van der Waals surface area (Å²) in [6.45, 7) is 3.11. The number of hydrogen-bond donors (Lipinski definition) is 2. The number of nitrogens with two attached hydrogens (primary N) is 1. The number of thiophene rings is 1. The van der Waals surface area contributed by atoms with E-state index in [0.29, 0.717) is 17.4 Å². The minimum atomic E-state index is -0.139. The monoisotopic (exact) mass is 282 g/mol. The highest BCUT2D eigenvalue weighted by molar-refractivity contribution is 7.16. The molecule has 0 radical (unpaired) electrons. The lowest BCUT2D eigenvalue weighted by atomic mass is 10.1. The Kier molecular flexibility index (Phi) is 7.76. The summed E-state index contributed by atoms with van der Waals surface area (Å²) in [5, 5.41) is 2.84. The van der Waals surface area contributed by atoms with Gasteiger partial charge in [-0.05, 0) is 32.0 Å². The predicted molar refractivity (Wildman–Crippen MR) is 71.7 cm³/mol. The zero-order chi connectivity index (χ0) is 11.3. The molecule has 1 aromatic heterocycles. The van der Waals surface area contributed by atoms with Crippen molar-refractivity contribution in [1.29, 1.82) is 0 Å². The first kappa shape index (κ1) is 15.7. The van der Waals surface area contributed by atoms with Gasteiger partial charge in [0.05, 0.1) is 10.3 Å². The molecule has 16 heavy (non-hydrogen) atoms. The summed E-state index contributed by atoms with van der Waals surface area (Å²) in [5.74, 6) is -0.109. The molecule has 0 aromatic carbocycles. The summed E-state index contributed by atoms with van der Waals surface area (Å²) in [5.41, 5.74) is 5.34. The molecule has 0 aliphatic rings. The molecular formula is C10H16Cl2N2OS. The maximum atomic E-state index is 11.6. The second-order valence-corrected chi connectivity index (χ2v) is 5.04. The van der Waals surface area contributed by atoms with Crippen LogP contribution < -0.4 is 11.1 Å². The molecule has 0 aliphatic carbocycles. The molecule has 6 heteroatoms. The molecule has 3 N–H and O–H groups in total. The fourth-order valence-corrected chi connectivity index (χ4v) is 2.27. The lowest BCUT2D eigenvalue weighted by Crippen LogP contribution is -2.29. The lowest BCUT2D eigenvalue weighted by Gasteiger charge is -2.09. The van der Waals surface area contributed by atoms with Crippen LogP contribution in [0.25, 0.3) is 0 Å². The SMILES string of the molecule is CC(C(=O)NCCCN)c1ccc(Cl)s1.Cl. The molecule has 0 saturated carbocycles. The largest absolute Gasteiger partial charge is 0.356 e. The van der Waals surface area contributed by atoms with Gasteiger partial charge in [-0.15, -0.1) is 23.7 Å². The second kappa shape index (κ2) is 7.90. The molecule has 1 rings (SSSR count). The summed E-state index contributed by atoms with van der Waals surface area (Å²) < 4.78 is 0.714. The Morgan fingerprint density at radius 3 is 2.81 bits per heavy atom. The van der Waals surface area contributed by atoms with E-state index in [1.807, 2.05) is 19.1 Å². The third-order valence-corrected chi connectivity index (χ3v) is 3.51. The zero-order valence-corrected chi connectivity index (χ0v) is 11.4. The maximum Gasteiger partial charge on any atom is 0.228 e. The van der Waals surface area contributed by atoms with Gasteiger partial charge >= 0.3 is 0 Å². The first-order valence-corrected chi connectivity index (χ1v) is 6.07. The fraction of sp³-hybridized carbons (Fsp3) is 0.500. The topological polar surface area (TPSA) is 55.1 Å². The number of rotatable bonds is 5. The summed E-state index contributed by atoms with van der Waals surface area (Å²) in [7, 11) is 0. The Morgan fingerprint density at radius 1 is 1.62 bits per heavy atom. The van der Waals surface area contributed by atoms with Gasteiger partial charge in [0.1, 0.15) is 0 Å². The number of carbonyl (C=O) groups is 1. The van der Waals surface area contributed by atoms with E-state index >= 15 is 0 Å². The Hall–Kier alpha value is -0.290. The predicted octanol–water partition coefficient (Wildman–Crippen LogP) is 2.39. The van der Waals surface area contributed by atoms with Crippen LogP contribution in [0, 0.1) is 0 Å². The third-order valence-electron chi connectivity index (χ3n) is 2.09. The van der Waals surface area contributed by atoms with Crippen LogP contribution in [-0.4, -0.2) is 19.0 Å². The van der Waals surface area contributed by atoms with Gasteiger partial charge in [0, 0.05) is 11.4 Å². The van der Waals surface area contributed by atoms with Crippen molar-refractivity contribution in [3.63, 3.8) is 0 Å². The van der Waals surface area contributed by atoms with E-state index in [2.05, 4.69) is 5.32 Å². The van der Waals surface area contributed by atoms with Crippen molar-refractivity contribution in [1.82, 2.24) is 5.32 Å². The van der Waals surface area contributed by atoms with Crippen LogP contribution in [0.15, 0.2) is 12.1 Å². The van der Waals surface area contributed by atoms with Crippen molar-refractivity contribution in [3.05, 3.63) is 21.3 Å². The molecule has 0 saturated heterocycles. The number of amides is 1. The molecule has 0 spiro atoms. The summed E-state index contributed by atoms with van der Waals surface area (Å²) in [6, 6.07) is 3.70. The van der Waals surface area contributed by atoms with Crippen molar-refractivity contribution < 1.29 is 4.79 Å². The number of carbonyl (C=O) groups excluding carboxylic acids is 1. The molecule has 0 aliphatic heterocycles. The molecule has 0 fully saturated rings. The van der Waals surface area contributed by atoms with Gasteiger partial charge in [0.2, 0.25) is 5.91 Å². The Morgan fingerprint density at radius 2 is 2.31 bits per heavy atom. The van der Waals surface area contributed by atoms with Gasteiger partial charge in [-0.25, -0.2) is 0 Å². The van der Waals surface area contributed by atoms with E-state index in [4.69, 9.17) is 17.3 Å². The van der Waals surface area contributed by atoms with Crippen LogP contribution >= 0.6 is 35.3 Å². The van der Waals surface area contributed by atoms with E-state index in [1.165, 1.54) is 11.3 Å². The third kappa shape index (κ3) is 4.70. The normalized spacial score (nSPS) is 11.7. The summed E-state index contributed by atoms with van der Waals surface area (Å²) in [4.78, 5) is 12.6. The average Bonchev–Trinajstić information content (AvgIpc) is 2.64. The van der Waals surface area contributed by atoms with Crippen LogP contribution in [0.1, 0.15) is 24.1 Å². The zero-order valence-electron chi connectivity index (χ0n) is 9.03. The number of nitrogens with one attached hydrogen (secondary N) is 1. The van der Waals surface area contributed by atoms with Gasteiger partial charge in [-0.3, -0.25) is 4.79 Å². The van der Waals surface area contributed by atoms with Crippen LogP contribution in [0.2, 0.25) is 4.34 Å². The second-order valence-electron chi connectivity index (χ2n) is 3.30. The molecule has 1 amide bonds. The Labute approximate surface area is 111 Å². The van der Waals surface area contributed by atoms with E-state index < -0.39 is 0 Å². The maximum absolute atomic E-state index is 11.6. The van der Waals surface area contributed by atoms with Crippen molar-refractivity contribution >= 4 is 41.3 Å². The smallest absolute Gasteiger partial charge is 0.228 e. The molecule has 92 valence electrons. The van der Waals surface area contributed by atoms with Crippen molar-refractivity contribution in [2.75, 3.05) is 13.1 Å². The van der Waals surface area contributed by atoms with Crippen LogP contribution in [0.4, 0.5) is 0 Å². The summed E-state index contributed by atoms with van der Waals surface area (Å²) in [6.07, 6.45) is 0.809. The number of halogens is 2. The molecule has 3 nitrogen and oxygen atoms in total. The van der Waals surface area contributed by atoms with Crippen molar-refractivity contribution in [2.24, 2.45) is 5.73 Å². The van der Waals surface area contributed by atoms with Crippen LogP contribution in [-0.2, 0) is 4.79 Å². The van der Waals surface area contributed by atoms with Crippen LogP contribution in [0.3, 0.4) is 0 Å². The van der Waals surface area contributed by atoms with E-state index in [9.17, 15) is 4.79 Å². The molecular weight excluding hydrogens is 267 g/mol. The highest BCUT2D eigenvalue weighted by atomic mass is 35.5. The molecule has 1 unspecified atom stereocenters. The minimum absolute atomic E-state index is 0. The fourth-order valence-electron chi connectivity index (χ4n) is 1.16. The van der Waals surface area contributed by atoms with E-state index in [1.54, 1.807) is 0 Å². The first-order valence-electron chi connectivity index (χ1n) is 4.88. The molecule has 0 bridgehead atoms. The Balaban J connectivity index is 0.00000225. The molecule has 1 aromatic rings. The summed E-state index contributed by atoms with van der Waals surface area (Å²) >= 11 is 7.25. The lowest BCUT2D eigenvalue weighted by molar-refractivity contribution is -0.122.